The molecule has 1 unspecified atom stereocenters. The van der Waals surface area contributed by atoms with Crippen molar-refractivity contribution in [1.82, 2.24) is 0 Å². The van der Waals surface area contributed by atoms with E-state index in [-0.39, 0.29) is 23.6 Å². The monoisotopic (exact) mass is 323 g/mol. The Balaban J connectivity index is 1.83. The Hall–Kier alpha value is -1.17. The lowest BCUT2D eigenvalue weighted by atomic mass is 9.69. The third-order valence-corrected chi connectivity index (χ3v) is 5.28. The molecule has 0 amide bonds. The van der Waals surface area contributed by atoms with E-state index in [1.54, 1.807) is 26.4 Å². The summed E-state index contributed by atoms with van der Waals surface area (Å²) in [7, 11) is 3.51. The largest absolute Gasteiger partial charge is 0.384 e. The Morgan fingerprint density at radius 1 is 1.26 bits per heavy atom. The Morgan fingerprint density at radius 2 is 2.04 bits per heavy atom. The molecule has 4 nitrogen and oxygen atoms in total. The minimum absolute atomic E-state index is 0.0351. The number of hydrogen-bond donors (Lipinski definition) is 1. The molecular weight excluding hydrogens is 297 g/mol. The molecule has 4 atom stereocenters. The zero-order valence-corrected chi connectivity index (χ0v) is 13.9. The molecule has 23 heavy (non-hydrogen) atoms. The molecular formula is C18H26FNO3. The van der Waals surface area contributed by atoms with Crippen LogP contribution in [-0.4, -0.2) is 45.2 Å². The van der Waals surface area contributed by atoms with Crippen LogP contribution in [0, 0.1) is 11.7 Å². The van der Waals surface area contributed by atoms with Crippen molar-refractivity contribution >= 4 is 5.69 Å². The van der Waals surface area contributed by atoms with Gasteiger partial charge in [-0.05, 0) is 49.9 Å². The molecule has 1 aliphatic heterocycles. The van der Waals surface area contributed by atoms with Gasteiger partial charge in [-0.15, -0.1) is 0 Å². The fourth-order valence-corrected chi connectivity index (χ4v) is 4.21. The summed E-state index contributed by atoms with van der Waals surface area (Å²) in [6, 6.07) is 6.66. The lowest BCUT2D eigenvalue weighted by molar-refractivity contribution is -0.210. The standard InChI is InChI=1S/C18H26FNO3/c1-21-12-13-4-9-16(20-15-7-5-14(19)6-8-15)18(22-2)10-3-11-23-17(13)18/h5-8,13,16-17,20H,3-4,9-12H2,1-2H3/t13?,16-,17+,18+/m0/s1. The molecule has 1 aliphatic carbocycles. The third-order valence-electron chi connectivity index (χ3n) is 5.28. The third kappa shape index (κ3) is 3.23. The highest BCUT2D eigenvalue weighted by Gasteiger charge is 2.54. The predicted molar refractivity (Wildman–Crippen MR) is 87.1 cm³/mol. The molecule has 2 fully saturated rings. The van der Waals surface area contributed by atoms with Gasteiger partial charge in [-0.2, -0.15) is 0 Å². The predicted octanol–water partition coefficient (Wildman–Crippen LogP) is 3.23. The fraction of sp³-hybridized carbons (Fsp3) is 0.667. The second kappa shape index (κ2) is 7.16. The summed E-state index contributed by atoms with van der Waals surface area (Å²) in [6.07, 6.45) is 4.01. The van der Waals surface area contributed by atoms with Gasteiger partial charge >= 0.3 is 0 Å². The fourth-order valence-electron chi connectivity index (χ4n) is 4.21. The highest BCUT2D eigenvalue weighted by atomic mass is 19.1. The van der Waals surface area contributed by atoms with Crippen molar-refractivity contribution in [3.8, 4) is 0 Å². The second-order valence-corrected chi connectivity index (χ2v) is 6.55. The second-order valence-electron chi connectivity index (χ2n) is 6.55. The molecule has 0 aromatic heterocycles. The average molecular weight is 323 g/mol. The van der Waals surface area contributed by atoms with Crippen LogP contribution in [0.4, 0.5) is 10.1 Å². The smallest absolute Gasteiger partial charge is 0.123 e. The van der Waals surface area contributed by atoms with Crippen LogP contribution < -0.4 is 5.32 Å². The molecule has 1 saturated carbocycles. The number of halogens is 1. The lowest BCUT2D eigenvalue weighted by Gasteiger charge is -2.54. The maximum Gasteiger partial charge on any atom is 0.123 e. The van der Waals surface area contributed by atoms with Crippen LogP contribution >= 0.6 is 0 Å². The van der Waals surface area contributed by atoms with Crippen LogP contribution in [0.1, 0.15) is 25.7 Å². The summed E-state index contributed by atoms with van der Waals surface area (Å²) in [5, 5.41) is 3.55. The van der Waals surface area contributed by atoms with E-state index in [1.807, 2.05) is 0 Å². The molecule has 1 aromatic carbocycles. The summed E-state index contributed by atoms with van der Waals surface area (Å²) in [4.78, 5) is 0. The molecule has 1 heterocycles. The van der Waals surface area contributed by atoms with Crippen LogP contribution in [0.25, 0.3) is 0 Å². The van der Waals surface area contributed by atoms with Crippen molar-refractivity contribution < 1.29 is 18.6 Å². The van der Waals surface area contributed by atoms with Crippen LogP contribution in [0.5, 0.6) is 0 Å². The van der Waals surface area contributed by atoms with E-state index in [9.17, 15) is 4.39 Å². The Morgan fingerprint density at radius 3 is 2.74 bits per heavy atom. The molecule has 1 N–H and O–H groups in total. The van der Waals surface area contributed by atoms with Crippen molar-refractivity contribution in [3.63, 3.8) is 0 Å². The van der Waals surface area contributed by atoms with Gasteiger partial charge in [-0.1, -0.05) is 0 Å². The maximum absolute atomic E-state index is 13.1. The normalized spacial score (nSPS) is 34.0. The van der Waals surface area contributed by atoms with Gasteiger partial charge in [0.15, 0.2) is 0 Å². The van der Waals surface area contributed by atoms with Crippen LogP contribution in [0.3, 0.4) is 0 Å². The summed E-state index contributed by atoms with van der Waals surface area (Å²) in [5.41, 5.74) is 0.566. The molecule has 5 heteroatoms. The van der Waals surface area contributed by atoms with E-state index >= 15 is 0 Å². The minimum atomic E-state index is -0.353. The quantitative estimate of drug-likeness (QED) is 0.903. The Labute approximate surface area is 137 Å². The highest BCUT2D eigenvalue weighted by molar-refractivity contribution is 5.45. The van der Waals surface area contributed by atoms with E-state index in [4.69, 9.17) is 14.2 Å². The van der Waals surface area contributed by atoms with E-state index in [0.29, 0.717) is 12.5 Å². The number of ether oxygens (including phenoxy) is 3. The van der Waals surface area contributed by atoms with Gasteiger partial charge in [0.2, 0.25) is 0 Å². The number of nitrogens with one attached hydrogen (secondary N) is 1. The molecule has 0 bridgehead atoms. The molecule has 2 aliphatic rings. The van der Waals surface area contributed by atoms with Gasteiger partial charge in [0.25, 0.3) is 0 Å². The number of hydrogen-bond acceptors (Lipinski definition) is 4. The van der Waals surface area contributed by atoms with Gasteiger partial charge in [0.1, 0.15) is 11.4 Å². The van der Waals surface area contributed by atoms with Crippen molar-refractivity contribution in [2.45, 2.75) is 43.4 Å². The zero-order chi connectivity index (χ0) is 16.3. The number of methoxy groups -OCH3 is 2. The van der Waals surface area contributed by atoms with Crippen LogP contribution in [-0.2, 0) is 14.2 Å². The highest BCUT2D eigenvalue weighted by Crippen LogP contribution is 2.44. The summed E-state index contributed by atoms with van der Waals surface area (Å²) >= 11 is 0. The van der Waals surface area contributed by atoms with Crippen molar-refractivity contribution in [1.29, 1.82) is 0 Å². The first-order valence-corrected chi connectivity index (χ1v) is 8.37. The maximum atomic E-state index is 13.1. The minimum Gasteiger partial charge on any atom is -0.384 e. The van der Waals surface area contributed by atoms with Crippen LogP contribution in [0.2, 0.25) is 0 Å². The first-order chi connectivity index (χ1) is 11.2. The first kappa shape index (κ1) is 16.7. The number of fused-ring (bicyclic) bond motifs is 1. The topological polar surface area (TPSA) is 39.7 Å². The molecule has 128 valence electrons. The Kier molecular flexibility index (Phi) is 5.19. The van der Waals surface area contributed by atoms with E-state index in [0.717, 1.165) is 38.0 Å². The number of benzene rings is 1. The Bertz CT molecular complexity index is 509. The molecule has 1 saturated heterocycles. The summed E-state index contributed by atoms with van der Waals surface area (Å²) < 4.78 is 30.7. The average Bonchev–Trinajstić information content (AvgIpc) is 2.59. The number of anilines is 1. The zero-order valence-electron chi connectivity index (χ0n) is 13.9. The van der Waals surface area contributed by atoms with Gasteiger partial charge in [0, 0.05) is 32.4 Å². The van der Waals surface area contributed by atoms with Gasteiger partial charge in [-0.3, -0.25) is 0 Å². The molecule has 0 spiro atoms. The molecule has 0 radical (unpaired) electrons. The van der Waals surface area contributed by atoms with Crippen LogP contribution in [0.15, 0.2) is 24.3 Å². The lowest BCUT2D eigenvalue weighted by Crippen LogP contribution is -2.65. The van der Waals surface area contributed by atoms with Gasteiger partial charge < -0.3 is 19.5 Å². The van der Waals surface area contributed by atoms with Crippen molar-refractivity contribution in [2.24, 2.45) is 5.92 Å². The van der Waals surface area contributed by atoms with E-state index in [2.05, 4.69) is 5.32 Å². The first-order valence-electron chi connectivity index (χ1n) is 8.37. The van der Waals surface area contributed by atoms with Gasteiger partial charge in [0.05, 0.1) is 18.8 Å². The van der Waals surface area contributed by atoms with Gasteiger partial charge in [-0.25, -0.2) is 4.39 Å². The SMILES string of the molecule is COCC1CC[C@H](Nc2ccc(F)cc2)[C@]2(OC)CCCO[C@H]12. The van der Waals surface area contributed by atoms with E-state index in [1.165, 1.54) is 12.1 Å². The summed E-state index contributed by atoms with van der Waals surface area (Å²) in [6.45, 7) is 1.47. The summed E-state index contributed by atoms with van der Waals surface area (Å²) in [5.74, 6) is 0.131. The molecule has 3 rings (SSSR count). The van der Waals surface area contributed by atoms with Crippen molar-refractivity contribution in [3.05, 3.63) is 30.1 Å². The number of rotatable bonds is 5. The molecule has 1 aromatic rings. The van der Waals surface area contributed by atoms with E-state index < -0.39 is 0 Å². The van der Waals surface area contributed by atoms with Crippen molar-refractivity contribution in [2.75, 3.05) is 32.8 Å².